The van der Waals surface area contributed by atoms with Crippen molar-refractivity contribution in [2.75, 3.05) is 6.54 Å². The van der Waals surface area contributed by atoms with Crippen LogP contribution in [0.4, 0.5) is 8.78 Å². The van der Waals surface area contributed by atoms with Crippen LogP contribution in [0.2, 0.25) is 0 Å². The monoisotopic (exact) mass is 289 g/mol. The molecule has 112 valence electrons. The smallest absolute Gasteiger partial charge is 0.129 e. The molecule has 2 aromatic rings. The fraction of sp³-hybridized carbons (Fsp3) is 0.333. The van der Waals surface area contributed by atoms with Gasteiger partial charge in [-0.25, -0.2) is 8.78 Å². The van der Waals surface area contributed by atoms with Gasteiger partial charge in [0, 0.05) is 12.1 Å². The minimum Gasteiger partial charge on any atom is -0.310 e. The molecule has 0 aliphatic carbocycles. The predicted molar refractivity (Wildman–Crippen MR) is 82.4 cm³/mol. The van der Waals surface area contributed by atoms with Gasteiger partial charge in [0.05, 0.1) is 0 Å². The molecule has 0 saturated carbocycles. The van der Waals surface area contributed by atoms with Crippen LogP contribution in [-0.4, -0.2) is 6.54 Å². The maximum atomic E-state index is 13.9. The number of hydrogen-bond donors (Lipinski definition) is 1. The van der Waals surface area contributed by atoms with Crippen LogP contribution >= 0.6 is 0 Å². The number of hydrogen-bond acceptors (Lipinski definition) is 1. The summed E-state index contributed by atoms with van der Waals surface area (Å²) < 4.78 is 26.9. The van der Waals surface area contributed by atoms with Gasteiger partial charge in [0.25, 0.3) is 0 Å². The Morgan fingerprint density at radius 2 is 1.71 bits per heavy atom. The first-order valence-corrected chi connectivity index (χ1v) is 7.26. The minimum atomic E-state index is -0.539. The summed E-state index contributed by atoms with van der Waals surface area (Å²) in [6, 6.07) is 9.96. The van der Waals surface area contributed by atoms with E-state index in [1.165, 1.54) is 28.8 Å². The maximum Gasteiger partial charge on any atom is 0.129 e. The second-order valence-corrected chi connectivity index (χ2v) is 5.36. The summed E-state index contributed by atoms with van der Waals surface area (Å²) in [4.78, 5) is 0. The lowest BCUT2D eigenvalue weighted by Gasteiger charge is -2.23. The minimum absolute atomic E-state index is 0.0242. The van der Waals surface area contributed by atoms with Crippen molar-refractivity contribution in [3.8, 4) is 0 Å². The van der Waals surface area contributed by atoms with Crippen LogP contribution in [0.1, 0.15) is 35.2 Å². The predicted octanol–water partition coefficient (Wildman–Crippen LogP) is 4.47. The molecule has 0 saturated heterocycles. The van der Waals surface area contributed by atoms with E-state index < -0.39 is 11.6 Å². The molecule has 0 aromatic heterocycles. The molecule has 0 heterocycles. The molecule has 3 heteroatoms. The molecule has 1 nitrogen and oxygen atoms in total. The molecule has 0 amide bonds. The maximum absolute atomic E-state index is 13.9. The topological polar surface area (TPSA) is 12.0 Å². The van der Waals surface area contributed by atoms with E-state index in [0.717, 1.165) is 12.6 Å². The van der Waals surface area contributed by atoms with Crippen LogP contribution in [0.3, 0.4) is 0 Å². The van der Waals surface area contributed by atoms with Crippen molar-refractivity contribution in [2.45, 2.75) is 33.2 Å². The first-order valence-electron chi connectivity index (χ1n) is 7.26. The number of likely N-dealkylation sites (N-methyl/N-ethyl adjacent to an activating group) is 1. The van der Waals surface area contributed by atoms with Gasteiger partial charge in [-0.15, -0.1) is 0 Å². The first-order chi connectivity index (χ1) is 10.0. The Morgan fingerprint density at radius 3 is 2.29 bits per heavy atom. The van der Waals surface area contributed by atoms with Crippen molar-refractivity contribution >= 4 is 0 Å². The number of nitrogens with one attached hydrogen (secondary N) is 1. The highest BCUT2D eigenvalue weighted by Gasteiger charge is 2.17. The third-order valence-corrected chi connectivity index (χ3v) is 3.78. The molecule has 0 aliphatic heterocycles. The van der Waals surface area contributed by atoms with Crippen LogP contribution < -0.4 is 5.32 Å². The Balaban J connectivity index is 2.35. The Hall–Kier alpha value is -1.74. The molecule has 2 aromatic carbocycles. The van der Waals surface area contributed by atoms with Crippen molar-refractivity contribution in [3.05, 3.63) is 70.3 Å². The fourth-order valence-electron chi connectivity index (χ4n) is 2.81. The molecule has 1 N–H and O–H groups in total. The lowest BCUT2D eigenvalue weighted by Crippen LogP contribution is -2.25. The van der Waals surface area contributed by atoms with Crippen LogP contribution in [-0.2, 0) is 6.42 Å². The van der Waals surface area contributed by atoms with Gasteiger partial charge in [-0.3, -0.25) is 0 Å². The third-order valence-electron chi connectivity index (χ3n) is 3.78. The van der Waals surface area contributed by atoms with Gasteiger partial charge < -0.3 is 5.32 Å². The molecule has 0 bridgehead atoms. The van der Waals surface area contributed by atoms with E-state index in [9.17, 15) is 8.78 Å². The van der Waals surface area contributed by atoms with Gasteiger partial charge >= 0.3 is 0 Å². The SMILES string of the molecule is CCNC(Cc1ccc(F)cc1F)c1c(C)cccc1C. The van der Waals surface area contributed by atoms with Crippen molar-refractivity contribution < 1.29 is 8.78 Å². The van der Waals surface area contributed by atoms with E-state index >= 15 is 0 Å². The first kappa shape index (κ1) is 15.6. The lowest BCUT2D eigenvalue weighted by molar-refractivity contribution is 0.518. The van der Waals surface area contributed by atoms with E-state index in [-0.39, 0.29) is 6.04 Å². The molecule has 0 aliphatic rings. The molecular formula is C18H21F2N. The molecule has 1 atom stereocenters. The summed E-state index contributed by atoms with van der Waals surface area (Å²) >= 11 is 0. The van der Waals surface area contributed by atoms with Crippen molar-refractivity contribution in [1.29, 1.82) is 0 Å². The largest absolute Gasteiger partial charge is 0.310 e. The van der Waals surface area contributed by atoms with Crippen LogP contribution in [0.15, 0.2) is 36.4 Å². The highest BCUT2D eigenvalue weighted by molar-refractivity contribution is 5.37. The average Bonchev–Trinajstić information content (AvgIpc) is 2.41. The molecule has 1 unspecified atom stereocenters. The second-order valence-electron chi connectivity index (χ2n) is 5.36. The van der Waals surface area contributed by atoms with E-state index in [2.05, 4.69) is 31.3 Å². The highest BCUT2D eigenvalue weighted by Crippen LogP contribution is 2.26. The van der Waals surface area contributed by atoms with E-state index in [4.69, 9.17) is 0 Å². The standard InChI is InChI=1S/C18H21F2N/c1-4-21-17(18-12(2)6-5-7-13(18)3)10-14-8-9-15(19)11-16(14)20/h5-9,11,17,21H,4,10H2,1-3H3. The Morgan fingerprint density at radius 1 is 1.05 bits per heavy atom. The fourth-order valence-corrected chi connectivity index (χ4v) is 2.81. The molecule has 0 radical (unpaired) electrons. The highest BCUT2D eigenvalue weighted by atomic mass is 19.1. The van der Waals surface area contributed by atoms with Crippen molar-refractivity contribution in [2.24, 2.45) is 0 Å². The third kappa shape index (κ3) is 3.67. The second kappa shape index (κ2) is 6.81. The molecule has 0 fully saturated rings. The molecular weight excluding hydrogens is 268 g/mol. The molecule has 0 spiro atoms. The summed E-state index contributed by atoms with van der Waals surface area (Å²) in [5, 5.41) is 3.41. The van der Waals surface area contributed by atoms with Gasteiger partial charge in [-0.1, -0.05) is 31.2 Å². The van der Waals surface area contributed by atoms with Crippen LogP contribution in [0.5, 0.6) is 0 Å². The van der Waals surface area contributed by atoms with Crippen molar-refractivity contribution in [3.63, 3.8) is 0 Å². The summed E-state index contributed by atoms with van der Waals surface area (Å²) in [5.41, 5.74) is 4.10. The van der Waals surface area contributed by atoms with Gasteiger partial charge in [-0.2, -0.15) is 0 Å². The summed E-state index contributed by atoms with van der Waals surface area (Å²) in [5.74, 6) is -1.02. The number of aryl methyl sites for hydroxylation is 2. The Bertz CT molecular complexity index is 602. The van der Waals surface area contributed by atoms with Crippen molar-refractivity contribution in [1.82, 2.24) is 5.32 Å². The Kier molecular flexibility index (Phi) is 5.07. The van der Waals surface area contributed by atoms with Crippen LogP contribution in [0.25, 0.3) is 0 Å². The zero-order chi connectivity index (χ0) is 15.4. The van der Waals surface area contributed by atoms with Gasteiger partial charge in [-0.05, 0) is 55.1 Å². The number of halogens is 2. The average molecular weight is 289 g/mol. The molecule has 2 rings (SSSR count). The summed E-state index contributed by atoms with van der Waals surface area (Å²) in [6.45, 7) is 6.95. The van der Waals surface area contributed by atoms with E-state index in [1.54, 1.807) is 0 Å². The molecule has 21 heavy (non-hydrogen) atoms. The number of benzene rings is 2. The van der Waals surface area contributed by atoms with Crippen LogP contribution in [0, 0.1) is 25.5 Å². The van der Waals surface area contributed by atoms with Gasteiger partial charge in [0.1, 0.15) is 11.6 Å². The zero-order valence-corrected chi connectivity index (χ0v) is 12.7. The van der Waals surface area contributed by atoms with Gasteiger partial charge in [0.2, 0.25) is 0 Å². The lowest BCUT2D eigenvalue weighted by atomic mass is 9.91. The van der Waals surface area contributed by atoms with Gasteiger partial charge in [0.15, 0.2) is 0 Å². The Labute approximate surface area is 125 Å². The zero-order valence-electron chi connectivity index (χ0n) is 12.7. The summed E-state index contributed by atoms with van der Waals surface area (Å²) in [7, 11) is 0. The summed E-state index contributed by atoms with van der Waals surface area (Å²) in [6.07, 6.45) is 0.506. The normalized spacial score (nSPS) is 12.4. The van der Waals surface area contributed by atoms with E-state index in [1.807, 2.05) is 13.0 Å². The number of rotatable bonds is 5. The van der Waals surface area contributed by atoms with E-state index in [0.29, 0.717) is 12.0 Å². The quantitative estimate of drug-likeness (QED) is 0.856.